The van der Waals surface area contributed by atoms with Crippen LogP contribution in [-0.4, -0.2) is 38.9 Å². The molecular weight excluding hydrogens is 328 g/mol. The number of carbonyl (C=O) groups excluding carboxylic acids is 1. The number of aliphatic hydroxyl groups is 1. The zero-order valence-electron chi connectivity index (χ0n) is 15.6. The van der Waals surface area contributed by atoms with Gasteiger partial charge < -0.3 is 10.0 Å². The number of urea groups is 1. The summed E-state index contributed by atoms with van der Waals surface area (Å²) < 4.78 is 1.86. The van der Waals surface area contributed by atoms with Crippen molar-refractivity contribution in [2.45, 2.75) is 51.7 Å². The molecule has 140 valence electrons. The van der Waals surface area contributed by atoms with E-state index in [0.29, 0.717) is 25.9 Å². The highest BCUT2D eigenvalue weighted by atomic mass is 16.3. The fraction of sp³-hybridized carbons (Fsp3) is 0.500. The summed E-state index contributed by atoms with van der Waals surface area (Å²) in [6.45, 7) is 5.92. The topological polar surface area (TPSA) is 70.4 Å². The first-order valence-electron chi connectivity index (χ1n) is 9.40. The molecule has 2 aromatic rings. The molecule has 0 saturated carbocycles. The lowest BCUT2D eigenvalue weighted by molar-refractivity contribution is -0.0157. The van der Waals surface area contributed by atoms with Crippen LogP contribution >= 0.6 is 0 Å². The minimum absolute atomic E-state index is 0.127. The molecule has 6 heteroatoms. The summed E-state index contributed by atoms with van der Waals surface area (Å²) in [6.07, 6.45) is 3.19. The van der Waals surface area contributed by atoms with Crippen molar-refractivity contribution < 1.29 is 9.90 Å². The van der Waals surface area contributed by atoms with Gasteiger partial charge in [-0.05, 0) is 31.7 Å². The van der Waals surface area contributed by atoms with E-state index in [1.165, 1.54) is 0 Å². The molecule has 1 aromatic heterocycles. The Kier molecular flexibility index (Phi) is 5.61. The molecule has 0 radical (unpaired) electrons. The van der Waals surface area contributed by atoms with Crippen LogP contribution in [0.2, 0.25) is 0 Å². The quantitative estimate of drug-likeness (QED) is 0.861. The monoisotopic (exact) mass is 356 g/mol. The van der Waals surface area contributed by atoms with Gasteiger partial charge in [0, 0.05) is 25.7 Å². The second kappa shape index (κ2) is 7.91. The van der Waals surface area contributed by atoms with Crippen molar-refractivity contribution in [1.29, 1.82) is 0 Å². The third-order valence-electron chi connectivity index (χ3n) is 5.05. The highest BCUT2D eigenvalue weighted by Gasteiger charge is 2.35. The molecule has 0 bridgehead atoms. The molecule has 1 fully saturated rings. The Balaban J connectivity index is 1.61. The summed E-state index contributed by atoms with van der Waals surface area (Å²) in [7, 11) is 0. The van der Waals surface area contributed by atoms with E-state index < -0.39 is 5.60 Å². The van der Waals surface area contributed by atoms with E-state index in [9.17, 15) is 9.90 Å². The van der Waals surface area contributed by atoms with Gasteiger partial charge in [-0.3, -0.25) is 5.32 Å². The number of nitrogens with one attached hydrogen (secondary N) is 1. The van der Waals surface area contributed by atoms with Gasteiger partial charge in [-0.25, -0.2) is 9.48 Å². The molecule has 1 aliphatic rings. The Bertz CT molecular complexity index is 734. The van der Waals surface area contributed by atoms with Crippen LogP contribution in [0.15, 0.2) is 36.4 Å². The van der Waals surface area contributed by atoms with Crippen molar-refractivity contribution in [3.05, 3.63) is 47.7 Å². The van der Waals surface area contributed by atoms with Gasteiger partial charge >= 0.3 is 6.03 Å². The number of carbonyl (C=O) groups is 1. The summed E-state index contributed by atoms with van der Waals surface area (Å²) in [5.41, 5.74) is 0.971. The molecule has 3 rings (SSSR count). The molecule has 6 nitrogen and oxygen atoms in total. The molecule has 0 spiro atoms. The highest BCUT2D eigenvalue weighted by molar-refractivity contribution is 5.88. The number of unbranched alkanes of at least 4 members (excludes halogenated alkanes) is 1. The van der Waals surface area contributed by atoms with E-state index in [1.54, 1.807) is 4.90 Å². The lowest BCUT2D eigenvalue weighted by atomic mass is 9.84. The summed E-state index contributed by atoms with van der Waals surface area (Å²) in [6, 6.07) is 11.5. The lowest BCUT2D eigenvalue weighted by Crippen LogP contribution is -2.46. The Morgan fingerprint density at radius 3 is 2.62 bits per heavy atom. The largest absolute Gasteiger partial charge is 0.385 e. The normalized spacial score (nSPS) is 16.5. The summed E-state index contributed by atoms with van der Waals surface area (Å²) in [5, 5.41) is 18.3. The summed E-state index contributed by atoms with van der Waals surface area (Å²) in [4.78, 5) is 14.4. The first-order valence-corrected chi connectivity index (χ1v) is 9.40. The van der Waals surface area contributed by atoms with Crippen molar-refractivity contribution in [3.8, 4) is 0 Å². The Morgan fingerprint density at radius 1 is 1.27 bits per heavy atom. The van der Waals surface area contributed by atoms with E-state index in [0.717, 1.165) is 36.5 Å². The number of piperidine rings is 1. The van der Waals surface area contributed by atoms with E-state index in [4.69, 9.17) is 0 Å². The molecule has 2 amide bonds. The Hall–Kier alpha value is -2.34. The number of amides is 2. The molecule has 0 aliphatic carbocycles. The van der Waals surface area contributed by atoms with Gasteiger partial charge in [-0.2, -0.15) is 5.10 Å². The molecule has 26 heavy (non-hydrogen) atoms. The third kappa shape index (κ3) is 4.07. The fourth-order valence-corrected chi connectivity index (χ4v) is 3.43. The van der Waals surface area contributed by atoms with Crippen molar-refractivity contribution >= 4 is 11.8 Å². The van der Waals surface area contributed by atoms with Crippen molar-refractivity contribution in [2.75, 3.05) is 18.4 Å². The van der Waals surface area contributed by atoms with Gasteiger partial charge in [0.05, 0.1) is 11.3 Å². The van der Waals surface area contributed by atoms with E-state index in [2.05, 4.69) is 17.3 Å². The van der Waals surface area contributed by atoms with Gasteiger partial charge in [-0.15, -0.1) is 0 Å². The SMILES string of the molecule is CCCCn1nc(C)cc1NC(=O)N1CCC(O)(c2ccccc2)CC1. The molecule has 0 atom stereocenters. The van der Waals surface area contributed by atoms with Crippen LogP contribution in [0.3, 0.4) is 0 Å². The molecule has 1 aliphatic heterocycles. The van der Waals surface area contributed by atoms with Crippen LogP contribution in [0.1, 0.15) is 43.9 Å². The molecule has 2 N–H and O–H groups in total. The van der Waals surface area contributed by atoms with Gasteiger partial charge in [-0.1, -0.05) is 43.7 Å². The van der Waals surface area contributed by atoms with Gasteiger partial charge in [0.25, 0.3) is 0 Å². The van der Waals surface area contributed by atoms with Crippen molar-refractivity contribution in [1.82, 2.24) is 14.7 Å². The average molecular weight is 356 g/mol. The number of anilines is 1. The van der Waals surface area contributed by atoms with Crippen LogP contribution < -0.4 is 5.32 Å². The molecule has 2 heterocycles. The van der Waals surface area contributed by atoms with Crippen molar-refractivity contribution in [3.63, 3.8) is 0 Å². The number of rotatable bonds is 5. The third-order valence-corrected chi connectivity index (χ3v) is 5.05. The average Bonchev–Trinajstić information content (AvgIpc) is 3.00. The van der Waals surface area contributed by atoms with Gasteiger partial charge in [0.15, 0.2) is 0 Å². The number of hydrogen-bond acceptors (Lipinski definition) is 3. The molecule has 0 unspecified atom stereocenters. The number of aromatic nitrogens is 2. The summed E-state index contributed by atoms with van der Waals surface area (Å²) >= 11 is 0. The summed E-state index contributed by atoms with van der Waals surface area (Å²) in [5.74, 6) is 0.741. The maximum atomic E-state index is 12.6. The standard InChI is InChI=1S/C20H28N4O2/c1-3-4-12-24-18(15-16(2)22-24)21-19(25)23-13-10-20(26,11-14-23)17-8-6-5-7-9-17/h5-9,15,26H,3-4,10-14H2,1-2H3,(H,21,25). The van der Waals surface area contributed by atoms with Crippen LogP contribution in [0.5, 0.6) is 0 Å². The smallest absolute Gasteiger partial charge is 0.323 e. The minimum Gasteiger partial charge on any atom is -0.385 e. The van der Waals surface area contributed by atoms with E-state index >= 15 is 0 Å². The van der Waals surface area contributed by atoms with Gasteiger partial charge in [0.2, 0.25) is 0 Å². The first-order chi connectivity index (χ1) is 12.5. The van der Waals surface area contributed by atoms with E-state index in [-0.39, 0.29) is 6.03 Å². The maximum absolute atomic E-state index is 12.6. The van der Waals surface area contributed by atoms with E-state index in [1.807, 2.05) is 48.0 Å². The molecular formula is C20H28N4O2. The zero-order chi connectivity index (χ0) is 18.6. The predicted molar refractivity (Wildman–Crippen MR) is 102 cm³/mol. The predicted octanol–water partition coefficient (Wildman–Crippen LogP) is 3.51. The number of likely N-dealkylation sites (tertiary alicyclic amines) is 1. The van der Waals surface area contributed by atoms with Crippen molar-refractivity contribution in [2.24, 2.45) is 0 Å². The van der Waals surface area contributed by atoms with Gasteiger partial charge in [0.1, 0.15) is 5.82 Å². The molecule has 1 aromatic carbocycles. The fourth-order valence-electron chi connectivity index (χ4n) is 3.43. The number of benzene rings is 1. The first kappa shape index (κ1) is 18.5. The van der Waals surface area contributed by atoms with Crippen LogP contribution in [-0.2, 0) is 12.1 Å². The van der Waals surface area contributed by atoms with Crippen LogP contribution in [0.25, 0.3) is 0 Å². The number of hydrogen-bond donors (Lipinski definition) is 2. The maximum Gasteiger partial charge on any atom is 0.323 e. The minimum atomic E-state index is -0.850. The second-order valence-electron chi connectivity index (χ2n) is 7.06. The number of nitrogens with zero attached hydrogens (tertiary/aromatic N) is 3. The highest BCUT2D eigenvalue weighted by Crippen LogP contribution is 2.32. The lowest BCUT2D eigenvalue weighted by Gasteiger charge is -2.38. The second-order valence-corrected chi connectivity index (χ2v) is 7.06. The number of aryl methyl sites for hydroxylation is 2. The van der Waals surface area contributed by atoms with Crippen LogP contribution in [0, 0.1) is 6.92 Å². The molecule has 1 saturated heterocycles. The Morgan fingerprint density at radius 2 is 1.96 bits per heavy atom. The zero-order valence-corrected chi connectivity index (χ0v) is 15.6. The van der Waals surface area contributed by atoms with Crippen LogP contribution in [0.4, 0.5) is 10.6 Å². The Labute approximate surface area is 154 Å².